The number of non-ortho nitro benzene ring substituents is 1. The van der Waals surface area contributed by atoms with E-state index in [1.807, 2.05) is 13.8 Å². The van der Waals surface area contributed by atoms with Crippen molar-refractivity contribution in [3.05, 3.63) is 34.4 Å². The second-order valence-corrected chi connectivity index (χ2v) is 6.02. The Hall–Kier alpha value is -1.51. The van der Waals surface area contributed by atoms with Gasteiger partial charge in [0.1, 0.15) is 0 Å². The van der Waals surface area contributed by atoms with Crippen molar-refractivity contribution in [2.45, 2.75) is 24.8 Å². The molecular weight excluding hydrogens is 270 g/mol. The van der Waals surface area contributed by atoms with Crippen molar-refractivity contribution < 1.29 is 13.3 Å². The van der Waals surface area contributed by atoms with Crippen LogP contribution in [0.2, 0.25) is 0 Å². The van der Waals surface area contributed by atoms with Gasteiger partial charge in [0.2, 0.25) is 10.0 Å². The van der Waals surface area contributed by atoms with Crippen LogP contribution in [0, 0.1) is 10.1 Å². The van der Waals surface area contributed by atoms with Crippen LogP contribution in [0.4, 0.5) is 5.69 Å². The van der Waals surface area contributed by atoms with Gasteiger partial charge in [-0.15, -0.1) is 0 Å². The molecule has 0 spiro atoms. The van der Waals surface area contributed by atoms with E-state index in [1.54, 1.807) is 0 Å². The molecule has 0 amide bonds. The molecule has 0 saturated heterocycles. The fourth-order valence-electron chi connectivity index (χ4n) is 1.38. The summed E-state index contributed by atoms with van der Waals surface area (Å²) in [7, 11) is -3.61. The lowest BCUT2D eigenvalue weighted by molar-refractivity contribution is -0.384. The van der Waals surface area contributed by atoms with Crippen LogP contribution in [-0.4, -0.2) is 32.5 Å². The third kappa shape index (κ3) is 4.93. The average Bonchev–Trinajstić information content (AvgIpc) is 2.34. The van der Waals surface area contributed by atoms with E-state index >= 15 is 0 Å². The summed E-state index contributed by atoms with van der Waals surface area (Å²) in [5.41, 5.74) is -0.138. The first-order valence-electron chi connectivity index (χ1n) is 5.80. The zero-order valence-corrected chi connectivity index (χ0v) is 11.6. The summed E-state index contributed by atoms with van der Waals surface area (Å²) >= 11 is 0. The normalized spacial score (nSPS) is 11.7. The molecule has 1 aromatic carbocycles. The molecule has 0 bridgehead atoms. The lowest BCUT2D eigenvalue weighted by atomic mass is 10.3. The second-order valence-electron chi connectivity index (χ2n) is 4.26. The van der Waals surface area contributed by atoms with Gasteiger partial charge in [-0.25, -0.2) is 13.1 Å². The Morgan fingerprint density at radius 2 is 1.79 bits per heavy atom. The van der Waals surface area contributed by atoms with Crippen molar-refractivity contribution in [1.82, 2.24) is 10.0 Å². The molecule has 2 N–H and O–H groups in total. The quantitative estimate of drug-likeness (QED) is 0.440. The number of nitrogens with one attached hydrogen (secondary N) is 2. The largest absolute Gasteiger partial charge is 0.313 e. The predicted molar refractivity (Wildman–Crippen MR) is 71.4 cm³/mol. The van der Waals surface area contributed by atoms with E-state index in [0.29, 0.717) is 6.54 Å². The molecule has 0 unspecified atom stereocenters. The summed E-state index contributed by atoms with van der Waals surface area (Å²) in [5, 5.41) is 13.5. The molecule has 1 aromatic rings. The van der Waals surface area contributed by atoms with Gasteiger partial charge in [-0.3, -0.25) is 10.1 Å². The summed E-state index contributed by atoms with van der Waals surface area (Å²) in [5.74, 6) is 0. The Balaban J connectivity index is 2.64. The lowest BCUT2D eigenvalue weighted by Crippen LogP contribution is -2.34. The Labute approximate surface area is 112 Å². The maximum absolute atomic E-state index is 11.8. The van der Waals surface area contributed by atoms with Crippen LogP contribution in [0.5, 0.6) is 0 Å². The van der Waals surface area contributed by atoms with Crippen molar-refractivity contribution in [2.24, 2.45) is 0 Å². The molecule has 7 nitrogen and oxygen atoms in total. The van der Waals surface area contributed by atoms with Crippen molar-refractivity contribution in [1.29, 1.82) is 0 Å². The van der Waals surface area contributed by atoms with E-state index in [2.05, 4.69) is 10.0 Å². The van der Waals surface area contributed by atoms with Crippen LogP contribution >= 0.6 is 0 Å². The van der Waals surface area contributed by atoms with Gasteiger partial charge in [-0.05, 0) is 12.1 Å². The van der Waals surface area contributed by atoms with Gasteiger partial charge in [0.05, 0.1) is 9.82 Å². The van der Waals surface area contributed by atoms with E-state index in [0.717, 1.165) is 0 Å². The highest BCUT2D eigenvalue weighted by Gasteiger charge is 2.14. The number of sulfonamides is 1. The minimum absolute atomic E-state index is 0.0163. The van der Waals surface area contributed by atoms with Gasteiger partial charge in [0.25, 0.3) is 5.69 Å². The summed E-state index contributed by atoms with van der Waals surface area (Å²) in [6.45, 7) is 4.71. The monoisotopic (exact) mass is 287 g/mol. The van der Waals surface area contributed by atoms with Crippen LogP contribution in [0.15, 0.2) is 29.2 Å². The number of rotatable bonds is 7. The van der Waals surface area contributed by atoms with E-state index in [4.69, 9.17) is 0 Å². The molecule has 19 heavy (non-hydrogen) atoms. The van der Waals surface area contributed by atoms with E-state index in [1.165, 1.54) is 24.3 Å². The first kappa shape index (κ1) is 15.5. The van der Waals surface area contributed by atoms with E-state index in [-0.39, 0.29) is 23.2 Å². The van der Waals surface area contributed by atoms with Crippen LogP contribution in [0.25, 0.3) is 0 Å². The van der Waals surface area contributed by atoms with Crippen molar-refractivity contribution in [2.75, 3.05) is 13.1 Å². The van der Waals surface area contributed by atoms with Crippen LogP contribution in [-0.2, 0) is 10.0 Å². The van der Waals surface area contributed by atoms with Crippen LogP contribution in [0.3, 0.4) is 0 Å². The maximum atomic E-state index is 11.8. The molecule has 0 fully saturated rings. The van der Waals surface area contributed by atoms with Crippen molar-refractivity contribution in [3.63, 3.8) is 0 Å². The minimum atomic E-state index is -3.61. The third-order valence-electron chi connectivity index (χ3n) is 2.33. The van der Waals surface area contributed by atoms with Crippen LogP contribution < -0.4 is 10.0 Å². The Kier molecular flexibility index (Phi) is 5.40. The first-order chi connectivity index (χ1) is 8.83. The molecule has 0 aliphatic carbocycles. The van der Waals surface area contributed by atoms with E-state index < -0.39 is 14.9 Å². The molecule has 0 saturated carbocycles. The maximum Gasteiger partial charge on any atom is 0.269 e. The zero-order chi connectivity index (χ0) is 14.5. The SMILES string of the molecule is CC(C)NCCNS(=O)(=O)c1ccc([N+](=O)[O-])cc1. The molecule has 0 aromatic heterocycles. The molecule has 0 aliphatic heterocycles. The van der Waals surface area contributed by atoms with Crippen molar-refractivity contribution >= 4 is 15.7 Å². The fourth-order valence-corrected chi connectivity index (χ4v) is 2.41. The third-order valence-corrected chi connectivity index (χ3v) is 3.80. The molecule has 1 rings (SSSR count). The van der Waals surface area contributed by atoms with Gasteiger partial charge in [0.15, 0.2) is 0 Å². The zero-order valence-electron chi connectivity index (χ0n) is 10.8. The summed E-state index contributed by atoms with van der Waals surface area (Å²) in [6, 6.07) is 5.05. The van der Waals surface area contributed by atoms with Gasteiger partial charge in [-0.1, -0.05) is 13.8 Å². The highest BCUT2D eigenvalue weighted by Crippen LogP contribution is 2.15. The Morgan fingerprint density at radius 3 is 2.26 bits per heavy atom. The van der Waals surface area contributed by atoms with E-state index in [9.17, 15) is 18.5 Å². The topological polar surface area (TPSA) is 101 Å². The highest BCUT2D eigenvalue weighted by atomic mass is 32.2. The number of nitrogens with zero attached hydrogens (tertiary/aromatic N) is 1. The lowest BCUT2D eigenvalue weighted by Gasteiger charge is -2.09. The standard InChI is InChI=1S/C11H17N3O4S/c1-9(2)12-7-8-13-19(17,18)11-5-3-10(4-6-11)14(15)16/h3-6,9,12-13H,7-8H2,1-2H3. The predicted octanol–water partition coefficient (Wildman–Crippen LogP) is 0.871. The molecular formula is C11H17N3O4S. The average molecular weight is 287 g/mol. The second kappa shape index (κ2) is 6.60. The Morgan fingerprint density at radius 1 is 1.21 bits per heavy atom. The summed E-state index contributed by atoms with van der Waals surface area (Å²) < 4.78 is 26.1. The summed E-state index contributed by atoms with van der Waals surface area (Å²) in [4.78, 5) is 9.91. The van der Waals surface area contributed by atoms with Gasteiger partial charge in [0, 0.05) is 31.3 Å². The summed E-state index contributed by atoms with van der Waals surface area (Å²) in [6.07, 6.45) is 0. The van der Waals surface area contributed by atoms with Gasteiger partial charge in [-0.2, -0.15) is 0 Å². The molecule has 8 heteroatoms. The molecule has 0 atom stereocenters. The number of hydrogen-bond acceptors (Lipinski definition) is 5. The fraction of sp³-hybridized carbons (Fsp3) is 0.455. The number of nitro benzene ring substituents is 1. The van der Waals surface area contributed by atoms with Gasteiger partial charge < -0.3 is 5.32 Å². The highest BCUT2D eigenvalue weighted by molar-refractivity contribution is 7.89. The molecule has 106 valence electrons. The van der Waals surface area contributed by atoms with Crippen LogP contribution in [0.1, 0.15) is 13.8 Å². The van der Waals surface area contributed by atoms with Gasteiger partial charge >= 0.3 is 0 Å². The molecule has 0 heterocycles. The Bertz CT molecular complexity index is 525. The minimum Gasteiger partial charge on any atom is -0.313 e. The smallest absolute Gasteiger partial charge is 0.269 e. The molecule has 0 radical (unpaired) electrons. The number of hydrogen-bond donors (Lipinski definition) is 2. The number of benzene rings is 1. The van der Waals surface area contributed by atoms with Crippen molar-refractivity contribution in [3.8, 4) is 0 Å². The first-order valence-corrected chi connectivity index (χ1v) is 7.29. The number of nitro groups is 1. The molecule has 0 aliphatic rings.